The first-order valence-corrected chi connectivity index (χ1v) is 7.82. The molecule has 0 aliphatic heterocycles. The van der Waals surface area contributed by atoms with Crippen LogP contribution in [0.4, 0.5) is 0 Å². The minimum absolute atomic E-state index is 0.359. The monoisotopic (exact) mass is 273 g/mol. The molecule has 1 aromatic carbocycles. The van der Waals surface area contributed by atoms with Crippen LogP contribution in [-0.2, 0) is 16.8 Å². The topological polar surface area (TPSA) is 49.3 Å². The Morgan fingerprint density at radius 3 is 2.65 bits per heavy atom. The summed E-state index contributed by atoms with van der Waals surface area (Å²) in [6, 6.07) is 8.45. The van der Waals surface area contributed by atoms with Gasteiger partial charge in [0.15, 0.2) is 0 Å². The second kappa shape index (κ2) is 5.57. The molecule has 0 aromatic heterocycles. The third-order valence-electron chi connectivity index (χ3n) is 4.90. The van der Waals surface area contributed by atoms with Crippen molar-refractivity contribution >= 4 is 5.97 Å². The van der Waals surface area contributed by atoms with E-state index in [2.05, 4.69) is 11.4 Å². The molecule has 1 fully saturated rings. The number of carbonyl (C=O) groups is 1. The number of hydrogen-bond donors (Lipinski definition) is 2. The molecule has 20 heavy (non-hydrogen) atoms. The molecule has 3 nitrogen and oxygen atoms in total. The fourth-order valence-corrected chi connectivity index (χ4v) is 3.85. The minimum Gasteiger partial charge on any atom is -0.480 e. The molecule has 3 heteroatoms. The maximum absolute atomic E-state index is 12.1. The van der Waals surface area contributed by atoms with Crippen LogP contribution in [0.3, 0.4) is 0 Å². The van der Waals surface area contributed by atoms with E-state index in [9.17, 15) is 9.90 Å². The second-order valence-corrected chi connectivity index (χ2v) is 6.20. The lowest BCUT2D eigenvalue weighted by atomic mass is 9.83. The van der Waals surface area contributed by atoms with E-state index in [0.29, 0.717) is 12.5 Å². The number of benzene rings is 1. The van der Waals surface area contributed by atoms with Gasteiger partial charge in [0.05, 0.1) is 0 Å². The van der Waals surface area contributed by atoms with E-state index < -0.39 is 11.5 Å². The van der Waals surface area contributed by atoms with Gasteiger partial charge in [0.25, 0.3) is 0 Å². The molecule has 1 saturated carbocycles. The summed E-state index contributed by atoms with van der Waals surface area (Å²) in [5.41, 5.74) is 1.33. The molecule has 1 aromatic rings. The summed E-state index contributed by atoms with van der Waals surface area (Å²) in [5, 5.41) is 13.5. The van der Waals surface area contributed by atoms with Gasteiger partial charge in [0, 0.05) is 6.04 Å². The zero-order chi connectivity index (χ0) is 14.0. The number of carboxylic acid groups (broad SMARTS) is 1. The number of fused-ring (bicyclic) bond motifs is 1. The highest BCUT2D eigenvalue weighted by Crippen LogP contribution is 2.36. The molecular formula is C17H23NO2. The Morgan fingerprint density at radius 2 is 1.90 bits per heavy atom. The highest BCUT2D eigenvalue weighted by molar-refractivity contribution is 5.81. The zero-order valence-corrected chi connectivity index (χ0v) is 11.9. The Labute approximate surface area is 120 Å². The minimum atomic E-state index is -0.873. The van der Waals surface area contributed by atoms with Gasteiger partial charge in [0.1, 0.15) is 5.54 Å². The number of rotatable bonds is 3. The summed E-state index contributed by atoms with van der Waals surface area (Å²) >= 11 is 0. The lowest BCUT2D eigenvalue weighted by molar-refractivity contribution is -0.146. The lowest BCUT2D eigenvalue weighted by Gasteiger charge is -2.34. The third-order valence-corrected chi connectivity index (χ3v) is 4.90. The van der Waals surface area contributed by atoms with E-state index in [1.54, 1.807) is 0 Å². The van der Waals surface area contributed by atoms with E-state index in [1.807, 2.05) is 18.2 Å². The summed E-state index contributed by atoms with van der Waals surface area (Å²) in [6.45, 7) is 0. The molecule has 0 spiro atoms. The molecular weight excluding hydrogens is 250 g/mol. The first kappa shape index (κ1) is 13.6. The number of carboxylic acids is 1. The average molecular weight is 273 g/mol. The van der Waals surface area contributed by atoms with Gasteiger partial charge in [-0.25, -0.2) is 4.79 Å². The molecule has 2 N–H and O–H groups in total. The summed E-state index contributed by atoms with van der Waals surface area (Å²) < 4.78 is 0. The lowest BCUT2D eigenvalue weighted by Crippen LogP contribution is -2.53. The molecule has 2 aliphatic rings. The number of nitrogens with one attached hydrogen (secondary N) is 1. The molecule has 0 bridgehead atoms. The Balaban J connectivity index is 2.01. The molecule has 0 heterocycles. The maximum atomic E-state index is 12.1. The Bertz CT molecular complexity index is 494. The fourth-order valence-electron chi connectivity index (χ4n) is 3.85. The molecule has 0 saturated heterocycles. The predicted molar refractivity (Wildman–Crippen MR) is 78.7 cm³/mol. The van der Waals surface area contributed by atoms with E-state index in [1.165, 1.54) is 18.4 Å². The van der Waals surface area contributed by atoms with Crippen molar-refractivity contribution in [2.24, 2.45) is 0 Å². The van der Waals surface area contributed by atoms with Gasteiger partial charge >= 0.3 is 5.97 Å². The molecule has 1 unspecified atom stereocenters. The summed E-state index contributed by atoms with van der Waals surface area (Å²) in [6.07, 6.45) is 8.41. The Hall–Kier alpha value is -1.35. The molecule has 3 rings (SSSR count). The van der Waals surface area contributed by atoms with Gasteiger partial charge in [-0.15, -0.1) is 0 Å². The van der Waals surface area contributed by atoms with Crippen LogP contribution >= 0.6 is 0 Å². The van der Waals surface area contributed by atoms with Crippen molar-refractivity contribution in [3.63, 3.8) is 0 Å². The number of aliphatic carboxylic acids is 1. The van der Waals surface area contributed by atoms with E-state index in [4.69, 9.17) is 0 Å². The normalized spacial score (nSPS) is 27.0. The molecule has 2 aliphatic carbocycles. The average Bonchev–Trinajstić information content (AvgIpc) is 2.87. The van der Waals surface area contributed by atoms with Crippen LogP contribution < -0.4 is 5.32 Å². The van der Waals surface area contributed by atoms with Crippen molar-refractivity contribution in [2.75, 3.05) is 0 Å². The van der Waals surface area contributed by atoms with Gasteiger partial charge in [-0.3, -0.25) is 5.32 Å². The van der Waals surface area contributed by atoms with Crippen LogP contribution in [0.25, 0.3) is 0 Å². The largest absolute Gasteiger partial charge is 0.480 e. The summed E-state index contributed by atoms with van der Waals surface area (Å²) in [4.78, 5) is 12.1. The molecule has 108 valence electrons. The summed E-state index contributed by atoms with van der Waals surface area (Å²) in [5.74, 6) is -0.709. The van der Waals surface area contributed by atoms with Crippen LogP contribution in [0.2, 0.25) is 0 Å². The van der Waals surface area contributed by atoms with Crippen LogP contribution in [0, 0.1) is 0 Å². The van der Waals surface area contributed by atoms with Crippen molar-refractivity contribution in [2.45, 2.75) is 62.9 Å². The van der Waals surface area contributed by atoms with Crippen LogP contribution in [-0.4, -0.2) is 17.1 Å². The van der Waals surface area contributed by atoms with Gasteiger partial charge < -0.3 is 5.11 Å². The van der Waals surface area contributed by atoms with E-state index in [-0.39, 0.29) is 0 Å². The predicted octanol–water partition coefficient (Wildman–Crippen LogP) is 3.23. The highest BCUT2D eigenvalue weighted by Gasteiger charge is 2.43. The van der Waals surface area contributed by atoms with Gasteiger partial charge in [-0.05, 0) is 43.2 Å². The Morgan fingerprint density at radius 1 is 1.15 bits per heavy atom. The first-order chi connectivity index (χ1) is 9.72. The zero-order valence-electron chi connectivity index (χ0n) is 11.9. The van der Waals surface area contributed by atoms with Crippen molar-refractivity contribution in [3.8, 4) is 0 Å². The van der Waals surface area contributed by atoms with Crippen LogP contribution in [0.1, 0.15) is 56.1 Å². The summed E-state index contributed by atoms with van der Waals surface area (Å²) in [7, 11) is 0. The molecule has 0 amide bonds. The van der Waals surface area contributed by atoms with Gasteiger partial charge in [0.2, 0.25) is 0 Å². The van der Waals surface area contributed by atoms with Crippen molar-refractivity contribution < 1.29 is 9.90 Å². The molecule has 1 atom stereocenters. The smallest absolute Gasteiger partial charge is 0.328 e. The van der Waals surface area contributed by atoms with Crippen molar-refractivity contribution in [1.82, 2.24) is 5.32 Å². The van der Waals surface area contributed by atoms with E-state index >= 15 is 0 Å². The Kier molecular flexibility index (Phi) is 3.79. The first-order valence-electron chi connectivity index (χ1n) is 7.82. The van der Waals surface area contributed by atoms with Crippen LogP contribution in [0.15, 0.2) is 24.3 Å². The SMILES string of the molecule is O=C(O)C1(NC2CCCC2)CCCCc2ccccc21. The third kappa shape index (κ3) is 2.35. The van der Waals surface area contributed by atoms with Crippen LogP contribution in [0.5, 0.6) is 0 Å². The second-order valence-electron chi connectivity index (χ2n) is 6.20. The fraction of sp³-hybridized carbons (Fsp3) is 0.588. The van der Waals surface area contributed by atoms with Gasteiger partial charge in [-0.2, -0.15) is 0 Å². The standard InChI is InChI=1S/C17H23NO2/c19-16(20)17(18-14-9-2-3-10-14)12-6-5-8-13-7-1-4-11-15(13)17/h1,4,7,11,14,18H,2-3,5-6,8-10,12H2,(H,19,20). The maximum Gasteiger partial charge on any atom is 0.328 e. The quantitative estimate of drug-likeness (QED) is 0.831. The van der Waals surface area contributed by atoms with Gasteiger partial charge in [-0.1, -0.05) is 43.5 Å². The van der Waals surface area contributed by atoms with E-state index in [0.717, 1.165) is 37.7 Å². The highest BCUT2D eigenvalue weighted by atomic mass is 16.4. The van der Waals surface area contributed by atoms with Crippen molar-refractivity contribution in [3.05, 3.63) is 35.4 Å². The molecule has 0 radical (unpaired) electrons. The number of hydrogen-bond acceptors (Lipinski definition) is 2. The number of aryl methyl sites for hydroxylation is 1. The van der Waals surface area contributed by atoms with Crippen molar-refractivity contribution in [1.29, 1.82) is 0 Å².